The van der Waals surface area contributed by atoms with Crippen molar-refractivity contribution in [2.24, 2.45) is 5.73 Å². The molecule has 0 spiro atoms. The summed E-state index contributed by atoms with van der Waals surface area (Å²) in [6, 6.07) is 19.3. The third-order valence-corrected chi connectivity index (χ3v) is 6.88. The molecule has 0 fully saturated rings. The third kappa shape index (κ3) is 4.40. The lowest BCUT2D eigenvalue weighted by molar-refractivity contribution is -0.139. The van der Waals surface area contributed by atoms with Gasteiger partial charge in [-0.05, 0) is 29.1 Å². The van der Waals surface area contributed by atoms with Crippen LogP contribution in [0.2, 0.25) is 0 Å². The van der Waals surface area contributed by atoms with E-state index in [4.69, 9.17) is 15.2 Å². The number of carbonyl (C=O) groups is 2. The summed E-state index contributed by atoms with van der Waals surface area (Å²) < 4.78 is 43.3. The zero-order valence-corrected chi connectivity index (χ0v) is 20.5. The Morgan fingerprint density at radius 1 is 1.00 bits per heavy atom. The van der Waals surface area contributed by atoms with Gasteiger partial charge in [0.05, 0.1) is 37.4 Å². The van der Waals surface area contributed by atoms with Gasteiger partial charge in [0, 0.05) is 11.1 Å². The topological polar surface area (TPSA) is 160 Å². The number of hydrogen-bond acceptors (Lipinski definition) is 9. The smallest absolute Gasteiger partial charge is 0.355 e. The monoisotopic (exact) mass is 519 g/mol. The molecule has 188 valence electrons. The zero-order valence-electron chi connectivity index (χ0n) is 19.7. The Kier molecular flexibility index (Phi) is 6.72. The van der Waals surface area contributed by atoms with Gasteiger partial charge in [-0.25, -0.2) is 9.59 Å². The van der Waals surface area contributed by atoms with Gasteiger partial charge in [0.2, 0.25) is 0 Å². The average Bonchev–Trinajstić information content (AvgIpc) is 2.90. The molecule has 3 N–H and O–H groups in total. The van der Waals surface area contributed by atoms with Crippen LogP contribution in [0.3, 0.4) is 0 Å². The Labute approximate surface area is 212 Å². The summed E-state index contributed by atoms with van der Waals surface area (Å²) in [5.41, 5.74) is 6.82. The van der Waals surface area contributed by atoms with Crippen molar-refractivity contribution in [2.75, 3.05) is 19.1 Å². The van der Waals surface area contributed by atoms with E-state index in [2.05, 4.69) is 6.07 Å². The van der Waals surface area contributed by atoms with Crippen molar-refractivity contribution in [3.05, 3.63) is 95.0 Å². The lowest BCUT2D eigenvalue weighted by Gasteiger charge is -2.36. The average molecular weight is 520 g/mol. The summed E-state index contributed by atoms with van der Waals surface area (Å²) in [4.78, 5) is 27.2. The Morgan fingerprint density at radius 2 is 1.68 bits per heavy atom. The van der Waals surface area contributed by atoms with Crippen molar-refractivity contribution in [1.82, 2.24) is 0 Å². The number of ether oxygens (including phenoxy) is 2. The lowest BCUT2D eigenvalue weighted by Crippen LogP contribution is -2.40. The van der Waals surface area contributed by atoms with E-state index in [0.29, 0.717) is 10.9 Å². The molecular formula is C26H21N3O7S. The molecule has 0 radical (unpaired) electrons. The van der Waals surface area contributed by atoms with Crippen LogP contribution < -0.4 is 10.6 Å². The standard InChI is InChI=1S/C26H21N3O7S/c1-35-25(30)22-21(15-7-4-3-5-8-15)19(14-27)24(28)29(23(22)26(31)36-2)17-11-12-18-16(13-17)9-6-10-20(18)37(32,33)34/h3-13,21H,28H2,1-2H3,(H,32,33,34). The van der Waals surface area contributed by atoms with E-state index in [1.54, 1.807) is 36.4 Å². The predicted molar refractivity (Wildman–Crippen MR) is 133 cm³/mol. The number of nitriles is 1. The van der Waals surface area contributed by atoms with E-state index in [1.165, 1.54) is 35.2 Å². The van der Waals surface area contributed by atoms with Crippen LogP contribution in [-0.2, 0) is 29.2 Å². The minimum atomic E-state index is -4.52. The number of hydrogen-bond donors (Lipinski definition) is 2. The highest BCUT2D eigenvalue weighted by molar-refractivity contribution is 7.86. The van der Waals surface area contributed by atoms with Crippen LogP contribution in [0.4, 0.5) is 5.69 Å². The predicted octanol–water partition coefficient (Wildman–Crippen LogP) is 2.98. The Morgan fingerprint density at radius 3 is 2.27 bits per heavy atom. The fourth-order valence-electron chi connectivity index (χ4n) is 4.39. The number of carbonyl (C=O) groups excluding carboxylic acids is 2. The summed E-state index contributed by atoms with van der Waals surface area (Å²) >= 11 is 0. The van der Waals surface area contributed by atoms with Crippen LogP contribution in [-0.4, -0.2) is 39.1 Å². The van der Waals surface area contributed by atoms with Crippen LogP contribution >= 0.6 is 0 Å². The first-order valence-electron chi connectivity index (χ1n) is 10.8. The van der Waals surface area contributed by atoms with E-state index < -0.39 is 28.0 Å². The molecule has 4 rings (SSSR count). The molecule has 1 aliphatic rings. The highest BCUT2D eigenvalue weighted by Gasteiger charge is 2.43. The van der Waals surface area contributed by atoms with Crippen molar-refractivity contribution >= 4 is 38.5 Å². The highest BCUT2D eigenvalue weighted by Crippen LogP contribution is 2.43. The van der Waals surface area contributed by atoms with Gasteiger partial charge in [-0.1, -0.05) is 48.5 Å². The molecular weight excluding hydrogens is 498 g/mol. The van der Waals surface area contributed by atoms with Gasteiger partial charge < -0.3 is 15.2 Å². The van der Waals surface area contributed by atoms with Gasteiger partial charge >= 0.3 is 11.9 Å². The van der Waals surface area contributed by atoms with Gasteiger partial charge in [-0.2, -0.15) is 13.7 Å². The van der Waals surface area contributed by atoms with Crippen molar-refractivity contribution in [1.29, 1.82) is 5.26 Å². The molecule has 0 bridgehead atoms. The van der Waals surface area contributed by atoms with Crippen molar-refractivity contribution < 1.29 is 32.0 Å². The van der Waals surface area contributed by atoms with Crippen LogP contribution in [0.5, 0.6) is 0 Å². The molecule has 1 heterocycles. The first-order valence-corrected chi connectivity index (χ1v) is 12.2. The Balaban J connectivity index is 2.06. The van der Waals surface area contributed by atoms with E-state index >= 15 is 0 Å². The van der Waals surface area contributed by atoms with Crippen LogP contribution in [0.1, 0.15) is 11.5 Å². The largest absolute Gasteiger partial charge is 0.466 e. The van der Waals surface area contributed by atoms with E-state index in [9.17, 15) is 27.8 Å². The summed E-state index contributed by atoms with van der Waals surface area (Å²) in [6.45, 7) is 0. The second kappa shape index (κ2) is 9.77. The van der Waals surface area contributed by atoms with Crippen LogP contribution in [0.25, 0.3) is 10.8 Å². The summed E-state index contributed by atoms with van der Waals surface area (Å²) in [6.07, 6.45) is 0. The fourth-order valence-corrected chi connectivity index (χ4v) is 5.10. The number of methoxy groups -OCH3 is 2. The highest BCUT2D eigenvalue weighted by atomic mass is 32.2. The maximum Gasteiger partial charge on any atom is 0.355 e. The lowest BCUT2D eigenvalue weighted by atomic mass is 9.81. The molecule has 1 atom stereocenters. The van der Waals surface area contributed by atoms with Gasteiger partial charge in [-0.15, -0.1) is 0 Å². The molecule has 3 aromatic carbocycles. The molecule has 1 aliphatic heterocycles. The number of esters is 2. The number of nitrogens with two attached hydrogens (primary N) is 1. The molecule has 0 saturated heterocycles. The number of benzene rings is 3. The van der Waals surface area contributed by atoms with Gasteiger partial charge in [-0.3, -0.25) is 9.45 Å². The maximum absolute atomic E-state index is 13.1. The quantitative estimate of drug-likeness (QED) is 0.379. The number of fused-ring (bicyclic) bond motifs is 1. The number of rotatable bonds is 5. The maximum atomic E-state index is 13.1. The Hall–Kier alpha value is -4.66. The molecule has 0 aliphatic carbocycles. The Bertz CT molecular complexity index is 1640. The normalized spacial score (nSPS) is 15.9. The van der Waals surface area contributed by atoms with E-state index in [0.717, 1.165) is 14.2 Å². The summed E-state index contributed by atoms with van der Waals surface area (Å²) in [5.74, 6) is -2.92. The van der Waals surface area contributed by atoms with Gasteiger partial charge in [0.1, 0.15) is 16.4 Å². The first-order chi connectivity index (χ1) is 17.6. The van der Waals surface area contributed by atoms with Crippen molar-refractivity contribution in [3.8, 4) is 6.07 Å². The molecule has 0 saturated carbocycles. The van der Waals surface area contributed by atoms with Crippen LogP contribution in [0.15, 0.2) is 94.3 Å². The number of allylic oxidation sites excluding steroid dienone is 1. The SMILES string of the molecule is COC(=O)C1=C(C(=O)OC)N(c2ccc3c(S(=O)(=O)O)cccc3c2)C(N)=C(C#N)C1c1ccccc1. The number of nitrogens with zero attached hydrogens (tertiary/aromatic N) is 2. The second-order valence-corrected chi connectivity index (χ2v) is 9.36. The molecule has 1 unspecified atom stereocenters. The minimum Gasteiger partial charge on any atom is -0.466 e. The first kappa shape index (κ1) is 25.4. The van der Waals surface area contributed by atoms with Gasteiger partial charge in [0.15, 0.2) is 0 Å². The zero-order chi connectivity index (χ0) is 26.9. The summed E-state index contributed by atoms with van der Waals surface area (Å²) in [5, 5.41) is 10.7. The molecule has 37 heavy (non-hydrogen) atoms. The molecule has 0 amide bonds. The van der Waals surface area contributed by atoms with Crippen molar-refractivity contribution in [2.45, 2.75) is 10.8 Å². The molecule has 10 nitrogen and oxygen atoms in total. The van der Waals surface area contributed by atoms with E-state index in [-0.39, 0.29) is 38.6 Å². The third-order valence-electron chi connectivity index (χ3n) is 5.97. The number of anilines is 1. The molecule has 0 aromatic heterocycles. The fraction of sp³-hybridized carbons (Fsp3) is 0.115. The minimum absolute atomic E-state index is 0.00830. The van der Waals surface area contributed by atoms with Crippen LogP contribution in [0, 0.1) is 11.3 Å². The van der Waals surface area contributed by atoms with E-state index in [1.807, 2.05) is 0 Å². The summed E-state index contributed by atoms with van der Waals surface area (Å²) in [7, 11) is -2.23. The van der Waals surface area contributed by atoms with Crippen molar-refractivity contribution in [3.63, 3.8) is 0 Å². The second-order valence-electron chi connectivity index (χ2n) is 7.97. The molecule has 11 heteroatoms. The molecule has 3 aromatic rings. The van der Waals surface area contributed by atoms with Gasteiger partial charge in [0.25, 0.3) is 10.1 Å².